The van der Waals surface area contributed by atoms with Crippen molar-refractivity contribution in [2.45, 2.75) is 19.9 Å². The van der Waals surface area contributed by atoms with Crippen LogP contribution in [0.25, 0.3) is 6.08 Å². The zero-order valence-corrected chi connectivity index (χ0v) is 13.8. The van der Waals surface area contributed by atoms with E-state index in [1.54, 1.807) is 0 Å². The summed E-state index contributed by atoms with van der Waals surface area (Å²) in [6.45, 7) is 9.41. The molecule has 1 aromatic carbocycles. The fraction of sp³-hybridized carbons (Fsp3) is 0.471. The lowest BCUT2D eigenvalue weighted by atomic mass is 10.2. The number of nitrogens with one attached hydrogen (secondary N) is 1. The Bertz CT molecular complexity index is 462. The maximum absolute atomic E-state index is 5.42. The van der Waals surface area contributed by atoms with Crippen LogP contribution in [0.5, 0.6) is 0 Å². The highest BCUT2D eigenvalue weighted by Crippen LogP contribution is 2.05. The SMILES string of the molecule is CC(C)NC(=S)N1CCN(C/C=C/c2ccccc2)CC1. The van der Waals surface area contributed by atoms with Gasteiger partial charge in [0.15, 0.2) is 5.11 Å². The summed E-state index contributed by atoms with van der Waals surface area (Å²) in [4.78, 5) is 4.74. The highest BCUT2D eigenvalue weighted by atomic mass is 32.1. The molecule has 0 bridgehead atoms. The van der Waals surface area contributed by atoms with E-state index in [4.69, 9.17) is 12.2 Å². The van der Waals surface area contributed by atoms with Crippen LogP contribution in [-0.4, -0.2) is 53.7 Å². The Kier molecular flexibility index (Phi) is 6.21. The van der Waals surface area contributed by atoms with Gasteiger partial charge in [0, 0.05) is 38.8 Å². The Hall–Kier alpha value is -1.39. The molecule has 1 N–H and O–H groups in total. The van der Waals surface area contributed by atoms with E-state index >= 15 is 0 Å². The first-order valence-corrected chi connectivity index (χ1v) is 8.05. The van der Waals surface area contributed by atoms with Crippen molar-refractivity contribution in [1.82, 2.24) is 15.1 Å². The van der Waals surface area contributed by atoms with Gasteiger partial charge in [0.2, 0.25) is 0 Å². The van der Waals surface area contributed by atoms with Crippen LogP contribution in [0.2, 0.25) is 0 Å². The zero-order valence-electron chi connectivity index (χ0n) is 13.0. The molecule has 0 atom stereocenters. The summed E-state index contributed by atoms with van der Waals surface area (Å²) in [7, 11) is 0. The summed E-state index contributed by atoms with van der Waals surface area (Å²) in [5.74, 6) is 0. The number of hydrogen-bond acceptors (Lipinski definition) is 2. The Labute approximate surface area is 133 Å². The molecule has 0 unspecified atom stereocenters. The van der Waals surface area contributed by atoms with Crippen molar-refractivity contribution in [3.05, 3.63) is 42.0 Å². The van der Waals surface area contributed by atoms with Gasteiger partial charge in [-0.05, 0) is 31.6 Å². The van der Waals surface area contributed by atoms with Crippen LogP contribution in [0.1, 0.15) is 19.4 Å². The first kappa shape index (κ1) is 16.0. The third-order valence-corrected chi connectivity index (χ3v) is 3.92. The molecule has 1 aromatic rings. The molecule has 114 valence electrons. The third kappa shape index (κ3) is 5.48. The van der Waals surface area contributed by atoms with Crippen LogP contribution in [0.15, 0.2) is 36.4 Å². The van der Waals surface area contributed by atoms with Gasteiger partial charge in [-0.15, -0.1) is 0 Å². The van der Waals surface area contributed by atoms with Crippen molar-refractivity contribution in [1.29, 1.82) is 0 Å². The standard InChI is InChI=1S/C17H25N3S/c1-15(2)18-17(21)20-13-11-19(12-14-20)10-6-9-16-7-4-3-5-8-16/h3-9,15H,10-14H2,1-2H3,(H,18,21)/b9-6+. The van der Waals surface area contributed by atoms with Crippen molar-refractivity contribution in [3.8, 4) is 0 Å². The second kappa shape index (κ2) is 8.15. The number of nitrogens with zero attached hydrogens (tertiary/aromatic N) is 2. The smallest absolute Gasteiger partial charge is 0.169 e. The molecule has 0 aliphatic carbocycles. The molecule has 0 amide bonds. The number of hydrogen-bond donors (Lipinski definition) is 1. The summed E-state index contributed by atoms with van der Waals surface area (Å²) < 4.78 is 0. The van der Waals surface area contributed by atoms with E-state index in [-0.39, 0.29) is 0 Å². The monoisotopic (exact) mass is 303 g/mol. The second-order valence-electron chi connectivity index (χ2n) is 5.70. The molecule has 21 heavy (non-hydrogen) atoms. The van der Waals surface area contributed by atoms with Gasteiger partial charge in [-0.3, -0.25) is 4.90 Å². The number of piperazine rings is 1. The highest BCUT2D eigenvalue weighted by molar-refractivity contribution is 7.80. The highest BCUT2D eigenvalue weighted by Gasteiger charge is 2.18. The van der Waals surface area contributed by atoms with Crippen molar-refractivity contribution in [2.75, 3.05) is 32.7 Å². The normalized spacial score (nSPS) is 16.6. The molecule has 1 fully saturated rings. The summed E-state index contributed by atoms with van der Waals surface area (Å²) in [6, 6.07) is 10.9. The minimum Gasteiger partial charge on any atom is -0.360 e. The van der Waals surface area contributed by atoms with Crippen molar-refractivity contribution < 1.29 is 0 Å². The Balaban J connectivity index is 1.72. The quantitative estimate of drug-likeness (QED) is 0.862. The lowest BCUT2D eigenvalue weighted by Crippen LogP contribution is -2.52. The van der Waals surface area contributed by atoms with Crippen LogP contribution in [0.3, 0.4) is 0 Å². The number of benzene rings is 1. The second-order valence-corrected chi connectivity index (χ2v) is 6.09. The summed E-state index contributed by atoms with van der Waals surface area (Å²) in [5.41, 5.74) is 1.26. The summed E-state index contributed by atoms with van der Waals surface area (Å²) in [6.07, 6.45) is 4.44. The van der Waals surface area contributed by atoms with Gasteiger partial charge in [0.25, 0.3) is 0 Å². The van der Waals surface area contributed by atoms with Gasteiger partial charge < -0.3 is 10.2 Å². The fourth-order valence-electron chi connectivity index (χ4n) is 2.37. The topological polar surface area (TPSA) is 18.5 Å². The number of rotatable bonds is 4. The van der Waals surface area contributed by atoms with Crippen LogP contribution >= 0.6 is 12.2 Å². The molecule has 1 saturated heterocycles. The molecular formula is C17H25N3S. The molecule has 0 aromatic heterocycles. The van der Waals surface area contributed by atoms with Gasteiger partial charge in [0.1, 0.15) is 0 Å². The summed E-state index contributed by atoms with van der Waals surface area (Å²) in [5, 5.41) is 4.21. The first-order chi connectivity index (χ1) is 10.1. The molecular weight excluding hydrogens is 278 g/mol. The minimum absolute atomic E-state index is 0.407. The maximum atomic E-state index is 5.42. The summed E-state index contributed by atoms with van der Waals surface area (Å²) >= 11 is 5.42. The van der Waals surface area contributed by atoms with E-state index < -0.39 is 0 Å². The molecule has 1 aliphatic rings. The molecule has 0 radical (unpaired) electrons. The lowest BCUT2D eigenvalue weighted by Gasteiger charge is -2.36. The average molecular weight is 303 g/mol. The predicted molar refractivity (Wildman–Crippen MR) is 94.4 cm³/mol. The average Bonchev–Trinajstić information content (AvgIpc) is 2.48. The maximum Gasteiger partial charge on any atom is 0.169 e. The molecule has 0 saturated carbocycles. The van der Waals surface area contributed by atoms with Crippen molar-refractivity contribution >= 4 is 23.4 Å². The van der Waals surface area contributed by atoms with E-state index in [1.165, 1.54) is 5.56 Å². The Morgan fingerprint density at radius 1 is 1.19 bits per heavy atom. The van der Waals surface area contributed by atoms with Crippen molar-refractivity contribution in [2.24, 2.45) is 0 Å². The van der Waals surface area contributed by atoms with Gasteiger partial charge in [-0.25, -0.2) is 0 Å². The first-order valence-electron chi connectivity index (χ1n) is 7.64. The Morgan fingerprint density at radius 2 is 1.86 bits per heavy atom. The van der Waals surface area contributed by atoms with Gasteiger partial charge in [0.05, 0.1) is 0 Å². The van der Waals surface area contributed by atoms with E-state index in [9.17, 15) is 0 Å². The van der Waals surface area contributed by atoms with E-state index in [0.29, 0.717) is 6.04 Å². The van der Waals surface area contributed by atoms with E-state index in [2.05, 4.69) is 65.4 Å². The van der Waals surface area contributed by atoms with Crippen LogP contribution in [0, 0.1) is 0 Å². The molecule has 0 spiro atoms. The van der Waals surface area contributed by atoms with E-state index in [1.807, 2.05) is 6.07 Å². The lowest BCUT2D eigenvalue weighted by molar-refractivity contribution is 0.196. The molecule has 2 rings (SSSR count). The zero-order chi connectivity index (χ0) is 15.1. The van der Waals surface area contributed by atoms with Crippen LogP contribution < -0.4 is 5.32 Å². The van der Waals surface area contributed by atoms with Crippen molar-refractivity contribution in [3.63, 3.8) is 0 Å². The minimum atomic E-state index is 0.407. The van der Waals surface area contributed by atoms with Gasteiger partial charge in [-0.1, -0.05) is 42.5 Å². The third-order valence-electron chi connectivity index (χ3n) is 3.55. The number of thiocarbonyl (C=S) groups is 1. The molecule has 4 heteroatoms. The fourth-order valence-corrected chi connectivity index (χ4v) is 2.79. The van der Waals surface area contributed by atoms with Crippen LogP contribution in [-0.2, 0) is 0 Å². The molecule has 1 heterocycles. The Morgan fingerprint density at radius 3 is 2.48 bits per heavy atom. The van der Waals surface area contributed by atoms with E-state index in [0.717, 1.165) is 37.8 Å². The largest absolute Gasteiger partial charge is 0.360 e. The van der Waals surface area contributed by atoms with Crippen LogP contribution in [0.4, 0.5) is 0 Å². The van der Waals surface area contributed by atoms with Gasteiger partial charge in [-0.2, -0.15) is 0 Å². The predicted octanol–water partition coefficient (Wildman–Crippen LogP) is 2.60. The van der Waals surface area contributed by atoms with Gasteiger partial charge >= 0.3 is 0 Å². The molecule has 3 nitrogen and oxygen atoms in total. The molecule has 1 aliphatic heterocycles.